The van der Waals surface area contributed by atoms with E-state index in [1.165, 1.54) is 6.19 Å². The van der Waals surface area contributed by atoms with Crippen LogP contribution in [0.4, 0.5) is 0 Å². The third kappa shape index (κ3) is 3.62. The SMILES string of the molecule is N#CN(N=NN=C(N)N)C(=N)N. The van der Waals surface area contributed by atoms with Crippen LogP contribution in [0.2, 0.25) is 0 Å². The van der Waals surface area contributed by atoms with Gasteiger partial charge in [0.2, 0.25) is 18.1 Å². The molecule has 0 aromatic heterocycles. The van der Waals surface area contributed by atoms with Gasteiger partial charge >= 0.3 is 0 Å². The number of nitriles is 1. The first-order chi connectivity index (χ1) is 5.57. The van der Waals surface area contributed by atoms with Gasteiger partial charge in [-0.25, -0.2) is 0 Å². The van der Waals surface area contributed by atoms with E-state index >= 15 is 0 Å². The maximum Gasteiger partial charge on any atom is 0.226 e. The van der Waals surface area contributed by atoms with Gasteiger partial charge in [0.25, 0.3) is 0 Å². The lowest BCUT2D eigenvalue weighted by atomic mass is 10.9. The van der Waals surface area contributed by atoms with Gasteiger partial charge in [0.05, 0.1) is 0 Å². The number of hydrogen-bond acceptors (Lipinski definition) is 4. The average Bonchev–Trinajstić information content (AvgIpc) is 1.96. The molecule has 0 aromatic rings. The number of nitrogens with two attached hydrogens (primary N) is 3. The van der Waals surface area contributed by atoms with Crippen molar-refractivity contribution in [3.8, 4) is 6.19 Å². The van der Waals surface area contributed by atoms with Crippen molar-refractivity contribution in [1.82, 2.24) is 5.01 Å². The van der Waals surface area contributed by atoms with E-state index in [0.717, 1.165) is 0 Å². The Morgan fingerprint density at radius 2 is 2.00 bits per heavy atom. The van der Waals surface area contributed by atoms with Crippen LogP contribution in [-0.4, -0.2) is 16.9 Å². The Morgan fingerprint density at radius 3 is 2.33 bits per heavy atom. The maximum absolute atomic E-state index is 8.25. The Bertz CT molecular complexity index is 251. The molecule has 0 aromatic carbocycles. The molecule has 0 bridgehead atoms. The topological polar surface area (TPSA) is 166 Å². The summed E-state index contributed by atoms with van der Waals surface area (Å²) in [6.07, 6.45) is 1.45. The molecule has 0 aliphatic rings. The molecule has 0 spiro atoms. The molecule has 0 aliphatic carbocycles. The number of nitrogens with one attached hydrogen (secondary N) is 1. The first-order valence-corrected chi connectivity index (χ1v) is 2.61. The Balaban J connectivity index is 4.24. The minimum absolute atomic E-state index is 0.305. The van der Waals surface area contributed by atoms with Gasteiger partial charge in [-0.15, -0.1) is 5.01 Å². The van der Waals surface area contributed by atoms with Crippen molar-refractivity contribution in [3.05, 3.63) is 0 Å². The molecule has 9 heteroatoms. The van der Waals surface area contributed by atoms with E-state index in [4.69, 9.17) is 27.9 Å². The molecule has 9 nitrogen and oxygen atoms in total. The van der Waals surface area contributed by atoms with E-state index in [0.29, 0.717) is 5.01 Å². The molecular weight excluding hydrogens is 162 g/mol. The average molecular weight is 169 g/mol. The fourth-order valence-electron chi connectivity index (χ4n) is 0.234. The van der Waals surface area contributed by atoms with Crippen LogP contribution >= 0.6 is 0 Å². The largest absolute Gasteiger partial charge is 0.368 e. The minimum Gasteiger partial charge on any atom is -0.368 e. The molecule has 12 heavy (non-hydrogen) atoms. The van der Waals surface area contributed by atoms with Crippen molar-refractivity contribution in [1.29, 1.82) is 10.7 Å². The third-order valence-electron chi connectivity index (χ3n) is 0.613. The fraction of sp³-hybridized carbons (Fsp3) is 0. The quantitative estimate of drug-likeness (QED) is 0.0955. The van der Waals surface area contributed by atoms with Crippen LogP contribution in [0.15, 0.2) is 15.5 Å². The minimum atomic E-state index is -0.577. The van der Waals surface area contributed by atoms with Crippen molar-refractivity contribution in [2.45, 2.75) is 0 Å². The molecule has 0 rings (SSSR count). The first-order valence-electron chi connectivity index (χ1n) is 2.61. The summed E-state index contributed by atoms with van der Waals surface area (Å²) in [4.78, 5) is 0. The normalized spacial score (nSPS) is 8.92. The third-order valence-corrected chi connectivity index (χ3v) is 0.613. The molecule has 0 amide bonds. The Kier molecular flexibility index (Phi) is 3.57. The monoisotopic (exact) mass is 169 g/mol. The molecule has 0 aliphatic heterocycles. The van der Waals surface area contributed by atoms with Gasteiger partial charge in [0, 0.05) is 0 Å². The summed E-state index contributed by atoms with van der Waals surface area (Å²) < 4.78 is 0. The standard InChI is InChI=1S/C3H7N9/c4-1-12(3(7)8)11-10-9-2(5)6/h(H3,7,8)(H4,5,6,9,11). The van der Waals surface area contributed by atoms with Crippen LogP contribution < -0.4 is 17.2 Å². The lowest BCUT2D eigenvalue weighted by Gasteiger charge is -2.00. The summed E-state index contributed by atoms with van der Waals surface area (Å²) in [6.45, 7) is 0. The van der Waals surface area contributed by atoms with Crippen LogP contribution in [0, 0.1) is 16.9 Å². The van der Waals surface area contributed by atoms with Crippen molar-refractivity contribution < 1.29 is 0 Å². The van der Waals surface area contributed by atoms with Gasteiger partial charge in [-0.05, 0) is 10.4 Å². The van der Waals surface area contributed by atoms with E-state index in [2.05, 4.69) is 15.5 Å². The Labute approximate surface area is 67.6 Å². The van der Waals surface area contributed by atoms with Crippen LogP contribution in [-0.2, 0) is 0 Å². The Morgan fingerprint density at radius 1 is 1.42 bits per heavy atom. The zero-order chi connectivity index (χ0) is 9.56. The maximum atomic E-state index is 8.25. The Hall–Kier alpha value is -2.37. The van der Waals surface area contributed by atoms with E-state index < -0.39 is 5.96 Å². The van der Waals surface area contributed by atoms with Gasteiger partial charge in [0.15, 0.2) is 0 Å². The molecule has 0 unspecified atom stereocenters. The molecule has 0 heterocycles. The fourth-order valence-corrected chi connectivity index (χ4v) is 0.234. The van der Waals surface area contributed by atoms with Crippen molar-refractivity contribution in [3.63, 3.8) is 0 Å². The first kappa shape index (κ1) is 9.63. The second-order valence-electron chi connectivity index (χ2n) is 1.50. The van der Waals surface area contributed by atoms with Crippen molar-refractivity contribution in [2.75, 3.05) is 0 Å². The van der Waals surface area contributed by atoms with E-state index in [9.17, 15) is 0 Å². The molecule has 0 saturated heterocycles. The lowest BCUT2D eigenvalue weighted by Crippen LogP contribution is -2.27. The molecular formula is C3H7N9. The highest BCUT2D eigenvalue weighted by Crippen LogP contribution is 1.85. The zero-order valence-corrected chi connectivity index (χ0v) is 5.97. The van der Waals surface area contributed by atoms with Gasteiger partial charge in [-0.1, -0.05) is 5.10 Å². The highest BCUT2D eigenvalue weighted by molar-refractivity contribution is 5.76. The predicted octanol–water partition coefficient (Wildman–Crippen LogP) is -1.78. The molecule has 0 fully saturated rings. The smallest absolute Gasteiger partial charge is 0.226 e. The zero-order valence-electron chi connectivity index (χ0n) is 5.97. The van der Waals surface area contributed by atoms with Gasteiger partial charge in [0.1, 0.15) is 0 Å². The number of nitrogens with zero attached hydrogens (tertiary/aromatic N) is 5. The summed E-state index contributed by atoms with van der Waals surface area (Å²) in [6, 6.07) is 0. The second-order valence-corrected chi connectivity index (χ2v) is 1.50. The number of hydrogen-bond donors (Lipinski definition) is 4. The van der Waals surface area contributed by atoms with Crippen molar-refractivity contribution in [2.24, 2.45) is 32.7 Å². The van der Waals surface area contributed by atoms with Crippen LogP contribution in [0.5, 0.6) is 0 Å². The van der Waals surface area contributed by atoms with E-state index in [-0.39, 0.29) is 5.96 Å². The number of rotatable bonds is 2. The molecule has 0 radical (unpaired) electrons. The van der Waals surface area contributed by atoms with E-state index in [1.807, 2.05) is 0 Å². The van der Waals surface area contributed by atoms with Crippen molar-refractivity contribution >= 4 is 11.9 Å². The van der Waals surface area contributed by atoms with Crippen LogP contribution in [0.3, 0.4) is 0 Å². The summed E-state index contributed by atoms with van der Waals surface area (Å²) in [7, 11) is 0. The molecule has 0 atom stereocenters. The highest BCUT2D eigenvalue weighted by Gasteiger charge is 2.00. The molecule has 7 N–H and O–H groups in total. The van der Waals surface area contributed by atoms with Gasteiger partial charge in [-0.3, -0.25) is 5.41 Å². The summed E-state index contributed by atoms with van der Waals surface area (Å²) >= 11 is 0. The predicted molar refractivity (Wildman–Crippen MR) is 40.0 cm³/mol. The second kappa shape index (κ2) is 4.45. The summed E-state index contributed by atoms with van der Waals surface area (Å²) in [5.41, 5.74) is 14.7. The van der Waals surface area contributed by atoms with Crippen LogP contribution in [0.1, 0.15) is 0 Å². The molecule has 64 valence electrons. The lowest BCUT2D eigenvalue weighted by molar-refractivity contribution is 0.552. The highest BCUT2D eigenvalue weighted by atomic mass is 15.6. The summed E-state index contributed by atoms with van der Waals surface area (Å²) in [5, 5.41) is 24.6. The number of guanidine groups is 2. The molecule has 0 saturated carbocycles. The summed E-state index contributed by atoms with van der Waals surface area (Å²) in [5.74, 6) is -0.882. The van der Waals surface area contributed by atoms with Gasteiger partial charge in [-0.2, -0.15) is 5.26 Å². The van der Waals surface area contributed by atoms with Gasteiger partial charge < -0.3 is 17.2 Å². The van der Waals surface area contributed by atoms with Crippen LogP contribution in [0.25, 0.3) is 0 Å². The van der Waals surface area contributed by atoms with E-state index in [1.54, 1.807) is 0 Å².